The average Bonchev–Trinajstić information content (AvgIpc) is 3.27. The number of benzene rings is 5. The smallest absolute Gasteiger partial charge is 0.408 e. The number of carbonyl (C=O) groups excluding carboxylic acids is 2. The van der Waals surface area contributed by atoms with Crippen LogP contribution in [0.15, 0.2) is 132 Å². The SMILES string of the molecule is O=C(NC(c1cccc(F)c1)c1cccc(OCc2cccc(CCNCC(O)c3ccc(O)c4[nH]c(=O)ccc34)c2)c1)O[C@H]1C[N+]2(CC(=O)c3ccccc3)CCC1CC2. The first-order valence-corrected chi connectivity index (χ1v) is 20.8. The van der Waals surface area contributed by atoms with Crippen molar-refractivity contribution in [3.05, 3.63) is 177 Å². The fourth-order valence-electron chi connectivity index (χ4n) is 8.89. The Morgan fingerprint density at radius 2 is 1.61 bits per heavy atom. The molecule has 3 atom stereocenters. The van der Waals surface area contributed by atoms with Gasteiger partial charge in [0.1, 0.15) is 37.0 Å². The number of pyridine rings is 1. The maximum absolute atomic E-state index is 14.6. The van der Waals surface area contributed by atoms with Gasteiger partial charge in [0.15, 0.2) is 6.10 Å². The zero-order chi connectivity index (χ0) is 42.3. The number of piperidine rings is 3. The van der Waals surface area contributed by atoms with Crippen molar-refractivity contribution in [1.29, 1.82) is 0 Å². The maximum atomic E-state index is 14.6. The van der Waals surface area contributed by atoms with Gasteiger partial charge in [0, 0.05) is 42.3 Å². The minimum atomic E-state index is -0.854. The topological polar surface area (TPSA) is 150 Å². The van der Waals surface area contributed by atoms with E-state index < -0.39 is 24.1 Å². The Labute approximate surface area is 353 Å². The Morgan fingerprint density at radius 1 is 0.852 bits per heavy atom. The number of aromatic hydroxyl groups is 1. The lowest BCUT2D eigenvalue weighted by Crippen LogP contribution is -2.66. The highest BCUT2D eigenvalue weighted by Gasteiger charge is 2.48. The first kappa shape index (κ1) is 41.4. The van der Waals surface area contributed by atoms with Crippen LogP contribution in [0.5, 0.6) is 11.5 Å². The van der Waals surface area contributed by atoms with E-state index in [1.165, 1.54) is 24.3 Å². The molecule has 0 spiro atoms. The average molecular weight is 826 g/mol. The molecule has 3 aliphatic rings. The number of aliphatic hydroxyl groups excluding tert-OH is 1. The van der Waals surface area contributed by atoms with Gasteiger partial charge in [-0.2, -0.15) is 0 Å². The maximum Gasteiger partial charge on any atom is 0.408 e. The third-order valence-corrected chi connectivity index (χ3v) is 12.1. The molecule has 0 saturated carbocycles. The number of hydrogen-bond donors (Lipinski definition) is 5. The number of Topliss-reactive ketones (excluding diaryl/α,β-unsaturated/α-hetero) is 1. The number of aromatic amines is 1. The first-order valence-electron chi connectivity index (χ1n) is 20.8. The van der Waals surface area contributed by atoms with Crippen molar-refractivity contribution < 1.29 is 38.1 Å². The highest BCUT2D eigenvalue weighted by atomic mass is 19.1. The van der Waals surface area contributed by atoms with Crippen LogP contribution in [-0.2, 0) is 17.8 Å². The molecule has 6 aromatic rings. The number of aromatic nitrogens is 1. The Balaban J connectivity index is 0.876. The second-order valence-corrected chi connectivity index (χ2v) is 16.3. The number of ketones is 1. The normalized spacial score (nSPS) is 19.2. The number of phenolic OH excluding ortho intramolecular Hbond substituents is 1. The minimum Gasteiger partial charge on any atom is -0.506 e. The van der Waals surface area contributed by atoms with Crippen LogP contribution in [0, 0.1) is 11.7 Å². The number of hydrogen-bond acceptors (Lipinski definition) is 8. The second kappa shape index (κ2) is 18.5. The number of ether oxygens (including phenoxy) is 2. The van der Waals surface area contributed by atoms with Crippen LogP contribution in [-0.4, -0.2) is 76.9 Å². The lowest BCUT2D eigenvalue weighted by atomic mass is 9.83. The molecule has 61 heavy (non-hydrogen) atoms. The van der Waals surface area contributed by atoms with E-state index in [0.717, 1.165) is 37.1 Å². The van der Waals surface area contributed by atoms with Gasteiger partial charge < -0.3 is 39.8 Å². The van der Waals surface area contributed by atoms with Gasteiger partial charge in [-0.1, -0.05) is 84.9 Å². The minimum absolute atomic E-state index is 0.0546. The van der Waals surface area contributed by atoms with Gasteiger partial charge in [-0.25, -0.2) is 9.18 Å². The number of phenols is 1. The number of amides is 1. The molecule has 5 aromatic carbocycles. The number of nitrogens with one attached hydrogen (secondary N) is 3. The number of H-pyrrole nitrogens is 1. The molecule has 0 aliphatic carbocycles. The summed E-state index contributed by atoms with van der Waals surface area (Å²) in [4.78, 5) is 41.3. The summed E-state index contributed by atoms with van der Waals surface area (Å²) in [6, 6.07) is 36.3. The van der Waals surface area contributed by atoms with Crippen molar-refractivity contribution in [3.8, 4) is 11.5 Å². The third-order valence-electron chi connectivity index (χ3n) is 12.1. The zero-order valence-corrected chi connectivity index (χ0v) is 33.8. The van der Waals surface area contributed by atoms with Crippen LogP contribution in [0.3, 0.4) is 0 Å². The highest BCUT2D eigenvalue weighted by Crippen LogP contribution is 2.36. The lowest BCUT2D eigenvalue weighted by Gasteiger charge is -2.51. The molecule has 3 saturated heterocycles. The molecule has 2 bridgehead atoms. The Hall–Kier alpha value is -6.34. The summed E-state index contributed by atoms with van der Waals surface area (Å²) in [6.45, 7) is 3.87. The van der Waals surface area contributed by atoms with E-state index in [9.17, 15) is 29.0 Å². The third kappa shape index (κ3) is 10.0. The van der Waals surface area contributed by atoms with Crippen molar-refractivity contribution in [2.45, 2.75) is 44.1 Å². The summed E-state index contributed by atoms with van der Waals surface area (Å²) in [7, 11) is 0. The van der Waals surface area contributed by atoms with Gasteiger partial charge in [0.2, 0.25) is 11.3 Å². The van der Waals surface area contributed by atoms with Crippen LogP contribution in [0.25, 0.3) is 10.9 Å². The summed E-state index contributed by atoms with van der Waals surface area (Å²) in [6.07, 6.45) is 0.660. The van der Waals surface area contributed by atoms with E-state index in [1.807, 2.05) is 72.8 Å². The Bertz CT molecular complexity index is 2560. The van der Waals surface area contributed by atoms with Gasteiger partial charge >= 0.3 is 6.09 Å². The summed E-state index contributed by atoms with van der Waals surface area (Å²) < 4.78 is 27.6. The van der Waals surface area contributed by atoms with Crippen molar-refractivity contribution in [2.24, 2.45) is 5.92 Å². The number of nitrogens with zero attached hydrogens (tertiary/aromatic N) is 1. The van der Waals surface area contributed by atoms with Crippen LogP contribution in [0.1, 0.15) is 63.2 Å². The fourth-order valence-corrected chi connectivity index (χ4v) is 8.89. The van der Waals surface area contributed by atoms with Gasteiger partial charge in [0.25, 0.3) is 0 Å². The summed E-state index contributed by atoms with van der Waals surface area (Å²) >= 11 is 0. The summed E-state index contributed by atoms with van der Waals surface area (Å²) in [5.41, 5.74) is 4.55. The van der Waals surface area contributed by atoms with Gasteiger partial charge in [0.05, 0.1) is 30.8 Å². The predicted octanol–water partition coefficient (Wildman–Crippen LogP) is 7.13. The van der Waals surface area contributed by atoms with Crippen molar-refractivity contribution >= 4 is 22.8 Å². The molecule has 1 aromatic heterocycles. The van der Waals surface area contributed by atoms with E-state index in [-0.39, 0.29) is 42.3 Å². The number of alkyl carbamates (subject to hydrolysis) is 1. The summed E-state index contributed by atoms with van der Waals surface area (Å²) in [5, 5.41) is 28.0. The van der Waals surface area contributed by atoms with Crippen LogP contribution < -0.4 is 20.9 Å². The highest BCUT2D eigenvalue weighted by molar-refractivity contribution is 5.97. The van der Waals surface area contributed by atoms with Crippen LogP contribution in [0.2, 0.25) is 0 Å². The molecule has 314 valence electrons. The van der Waals surface area contributed by atoms with E-state index in [2.05, 4.69) is 21.7 Å². The fraction of sp³-hybridized carbons (Fsp3) is 0.286. The molecule has 12 heteroatoms. The number of quaternary nitrogens is 1. The van der Waals surface area contributed by atoms with E-state index in [1.54, 1.807) is 24.3 Å². The Kier molecular flexibility index (Phi) is 12.6. The molecule has 3 fully saturated rings. The molecule has 5 N–H and O–H groups in total. The zero-order valence-electron chi connectivity index (χ0n) is 33.8. The monoisotopic (exact) mass is 825 g/mol. The molecule has 1 amide bonds. The molecule has 4 heterocycles. The lowest BCUT2D eigenvalue weighted by molar-refractivity contribution is -0.938. The predicted molar refractivity (Wildman–Crippen MR) is 230 cm³/mol. The molecule has 3 aliphatic heterocycles. The van der Waals surface area contributed by atoms with Crippen LogP contribution >= 0.6 is 0 Å². The number of aliphatic hydroxyl groups is 1. The van der Waals surface area contributed by atoms with Gasteiger partial charge in [-0.3, -0.25) is 9.59 Å². The van der Waals surface area contributed by atoms with Gasteiger partial charge in [-0.15, -0.1) is 0 Å². The van der Waals surface area contributed by atoms with E-state index in [4.69, 9.17) is 9.47 Å². The number of rotatable bonds is 16. The second-order valence-electron chi connectivity index (χ2n) is 16.3. The van der Waals surface area contributed by atoms with E-state index >= 15 is 0 Å². The molecule has 11 nitrogen and oxygen atoms in total. The van der Waals surface area contributed by atoms with Crippen molar-refractivity contribution in [3.63, 3.8) is 0 Å². The van der Waals surface area contributed by atoms with Crippen molar-refractivity contribution in [1.82, 2.24) is 15.6 Å². The van der Waals surface area contributed by atoms with Crippen LogP contribution in [0.4, 0.5) is 9.18 Å². The van der Waals surface area contributed by atoms with E-state index in [0.29, 0.717) is 69.4 Å². The number of fused-ring (bicyclic) bond motifs is 4. The molecule has 9 rings (SSSR count). The molecule has 2 unspecified atom stereocenters. The van der Waals surface area contributed by atoms with Gasteiger partial charge in [-0.05, 0) is 77.2 Å². The standard InChI is InChI=1S/C49H49FN4O7/c50-38-13-5-11-36(26-38)47(53-49(59)61-45-30-54(23-20-35(45)21-24-54)29-44(57)34-9-2-1-3-10-34)37-12-6-14-39(27-37)60-31-33-8-4-7-32(25-33)19-22-51-28-43(56)40-15-17-42(55)48-41(40)16-18-46(58)52-48/h1-18,25-27,35,43,45,47,51,56H,19-24,28-31H2,(H2-,52,53,55,58,59)/p+1/t35?,43?,45-,47?,54?/m0/s1. The Morgan fingerprint density at radius 3 is 2.41 bits per heavy atom. The number of carbonyl (C=O) groups is 2. The van der Waals surface area contributed by atoms with Crippen molar-refractivity contribution in [2.75, 3.05) is 39.3 Å². The number of halogens is 1. The quantitative estimate of drug-likeness (QED) is 0.0394. The summed E-state index contributed by atoms with van der Waals surface area (Å²) in [5.74, 6) is 0.411. The molecular weight excluding hydrogens is 776 g/mol. The first-order chi connectivity index (χ1) is 29.6. The molecule has 0 radical (unpaired) electrons. The largest absolute Gasteiger partial charge is 0.506 e. The molecular formula is C49H50FN4O7+.